The molecular formula is C44H36. The Morgan fingerprint density at radius 2 is 0.614 bits per heavy atom. The largest absolute Gasteiger partial charge is 0.0754 e. The summed E-state index contributed by atoms with van der Waals surface area (Å²) in [4.78, 5) is 0. The Bertz CT molecular complexity index is 1620. The van der Waals surface area contributed by atoms with E-state index in [0.717, 1.165) is 0 Å². The molecule has 0 radical (unpaired) electrons. The minimum atomic E-state index is -0.359. The molecule has 0 fully saturated rings. The second-order valence-corrected chi connectivity index (χ2v) is 10.9. The summed E-state index contributed by atoms with van der Waals surface area (Å²) in [6.45, 7) is 0. The minimum Gasteiger partial charge on any atom is -0.0754 e. The average molecular weight is 565 g/mol. The number of hydrogen-bond donors (Lipinski definition) is 0. The van der Waals surface area contributed by atoms with Crippen LogP contribution in [0.3, 0.4) is 0 Å². The summed E-state index contributed by atoms with van der Waals surface area (Å²) in [5.41, 5.74) is 8.43. The lowest BCUT2D eigenvalue weighted by Crippen LogP contribution is -2.36. The molecule has 7 rings (SSSR count). The van der Waals surface area contributed by atoms with E-state index < -0.39 is 0 Å². The normalized spacial score (nSPS) is 13.9. The highest BCUT2D eigenvalue weighted by atomic mass is 14.4. The van der Waals surface area contributed by atoms with Crippen LogP contribution in [0.1, 0.15) is 27.8 Å². The van der Waals surface area contributed by atoms with Crippen LogP contribution >= 0.6 is 0 Å². The number of allylic oxidation sites excluding steroid dienone is 5. The van der Waals surface area contributed by atoms with Gasteiger partial charge in [0.25, 0.3) is 0 Å². The average Bonchev–Trinajstić information content (AvgIpc) is 3.13. The fourth-order valence-corrected chi connectivity index (χ4v) is 6.26. The minimum absolute atomic E-state index is 0.131. The van der Waals surface area contributed by atoms with Crippen LogP contribution in [0.2, 0.25) is 0 Å². The summed E-state index contributed by atoms with van der Waals surface area (Å²) in [7, 11) is 0. The molecule has 1 aliphatic rings. The van der Waals surface area contributed by atoms with E-state index in [2.05, 4.69) is 176 Å². The van der Waals surface area contributed by atoms with Gasteiger partial charge in [0, 0.05) is 5.92 Å². The lowest BCUT2D eigenvalue weighted by molar-refractivity contribution is 0.522. The maximum atomic E-state index is 2.40. The van der Waals surface area contributed by atoms with Crippen molar-refractivity contribution >= 4 is 5.57 Å². The third kappa shape index (κ3) is 6.16. The van der Waals surface area contributed by atoms with Gasteiger partial charge in [0.1, 0.15) is 0 Å². The zero-order valence-electron chi connectivity index (χ0n) is 24.8. The monoisotopic (exact) mass is 564 g/mol. The van der Waals surface area contributed by atoms with Crippen LogP contribution in [-0.4, -0.2) is 0 Å². The van der Waals surface area contributed by atoms with Crippen LogP contribution in [0.4, 0.5) is 0 Å². The van der Waals surface area contributed by atoms with E-state index in [1.807, 2.05) is 36.4 Å². The molecule has 0 aromatic heterocycles. The van der Waals surface area contributed by atoms with E-state index in [4.69, 9.17) is 0 Å². The van der Waals surface area contributed by atoms with Crippen LogP contribution in [0.15, 0.2) is 218 Å². The molecule has 0 heterocycles. The van der Waals surface area contributed by atoms with Gasteiger partial charge in [-0.2, -0.15) is 0 Å². The summed E-state index contributed by atoms with van der Waals surface area (Å²) in [5.74, 6) is 0.131. The van der Waals surface area contributed by atoms with Gasteiger partial charge in [-0.25, -0.2) is 0 Å². The van der Waals surface area contributed by atoms with Gasteiger partial charge in [0.15, 0.2) is 0 Å². The predicted molar refractivity (Wildman–Crippen MR) is 186 cm³/mol. The quantitative estimate of drug-likeness (QED) is 0.177. The van der Waals surface area contributed by atoms with Gasteiger partial charge < -0.3 is 0 Å². The van der Waals surface area contributed by atoms with Crippen molar-refractivity contribution in [2.24, 2.45) is 5.92 Å². The first kappa shape index (κ1) is 28.6. The second-order valence-electron chi connectivity index (χ2n) is 10.9. The van der Waals surface area contributed by atoms with E-state index in [1.54, 1.807) is 0 Å². The molecule has 0 atom stereocenters. The molecule has 0 heteroatoms. The molecule has 0 saturated heterocycles. The van der Waals surface area contributed by atoms with Gasteiger partial charge in [-0.3, -0.25) is 0 Å². The molecule has 0 spiro atoms. The smallest absolute Gasteiger partial charge is 0.0548 e. The van der Waals surface area contributed by atoms with Crippen molar-refractivity contribution in [2.75, 3.05) is 0 Å². The van der Waals surface area contributed by atoms with Crippen molar-refractivity contribution in [3.63, 3.8) is 0 Å². The van der Waals surface area contributed by atoms with Crippen LogP contribution in [0, 0.1) is 5.92 Å². The lowest BCUT2D eigenvalue weighted by Gasteiger charge is -2.41. The van der Waals surface area contributed by atoms with Gasteiger partial charge in [-0.1, -0.05) is 212 Å². The second kappa shape index (κ2) is 14.1. The number of benzene rings is 6. The van der Waals surface area contributed by atoms with Gasteiger partial charge >= 0.3 is 0 Å². The Hall–Kier alpha value is -5.46. The molecule has 6 aromatic carbocycles. The zero-order valence-corrected chi connectivity index (χ0v) is 24.8. The molecule has 1 aliphatic carbocycles. The molecule has 0 unspecified atom stereocenters. The van der Waals surface area contributed by atoms with Crippen LogP contribution in [0.25, 0.3) is 5.57 Å². The summed E-state index contributed by atoms with van der Waals surface area (Å²) < 4.78 is 0. The van der Waals surface area contributed by atoms with E-state index in [9.17, 15) is 0 Å². The first-order chi connectivity index (χ1) is 21.9. The fraction of sp³-hybridized carbons (Fsp3) is 0.0455. The highest BCUT2D eigenvalue weighted by Crippen LogP contribution is 2.48. The summed E-state index contributed by atoms with van der Waals surface area (Å²) in [5, 5.41) is 0. The first-order valence-corrected chi connectivity index (χ1v) is 15.3. The Morgan fingerprint density at radius 3 is 0.932 bits per heavy atom. The Kier molecular flexibility index (Phi) is 9.21. The Labute approximate surface area is 262 Å². The van der Waals surface area contributed by atoms with Crippen molar-refractivity contribution in [2.45, 2.75) is 5.41 Å². The summed E-state index contributed by atoms with van der Waals surface area (Å²) >= 11 is 0. The zero-order chi connectivity index (χ0) is 29.9. The van der Waals surface area contributed by atoms with E-state index in [-0.39, 0.29) is 11.3 Å². The molecule has 0 bridgehead atoms. The van der Waals surface area contributed by atoms with E-state index in [1.165, 1.54) is 39.0 Å². The maximum Gasteiger partial charge on any atom is 0.0548 e. The van der Waals surface area contributed by atoms with Gasteiger partial charge in [0.2, 0.25) is 0 Å². The first-order valence-electron chi connectivity index (χ1n) is 15.3. The third-order valence-electron chi connectivity index (χ3n) is 8.23. The molecule has 0 N–H and O–H groups in total. The molecule has 0 saturated carbocycles. The van der Waals surface area contributed by atoms with Crippen molar-refractivity contribution < 1.29 is 0 Å². The van der Waals surface area contributed by atoms with Crippen LogP contribution in [-0.2, 0) is 5.41 Å². The molecular weight excluding hydrogens is 528 g/mol. The number of hydrogen-bond acceptors (Lipinski definition) is 0. The molecule has 0 nitrogen and oxygen atoms in total. The molecule has 0 amide bonds. The van der Waals surface area contributed by atoms with Crippen molar-refractivity contribution in [1.82, 2.24) is 0 Å². The number of rotatable bonds is 6. The Morgan fingerprint density at radius 1 is 0.341 bits per heavy atom. The van der Waals surface area contributed by atoms with Crippen molar-refractivity contribution in [3.05, 3.63) is 246 Å². The maximum absolute atomic E-state index is 2.40. The Balaban J connectivity index is 0.000000513. The van der Waals surface area contributed by atoms with E-state index >= 15 is 0 Å². The SMILES string of the molecule is C1=CC(C(c2ccccc2)(c2ccccc2)c2ccccc2)C=CC1=C(c1ccccc1)c1ccccc1.c1ccccc1. The third-order valence-corrected chi connectivity index (χ3v) is 8.23. The standard InChI is InChI=1S/C38H30.C6H6/c1-6-16-30(17-7-1)37(31-18-8-2-9-19-31)32-26-28-36(29-27-32)38(33-20-10-3-11-21-33,34-22-12-4-13-23-34)35-24-14-5-15-25-35;1-2-4-6-5-3-1/h1-29,36H;1-6H. The topological polar surface area (TPSA) is 0 Å². The highest BCUT2D eigenvalue weighted by molar-refractivity contribution is 5.85. The molecule has 212 valence electrons. The van der Waals surface area contributed by atoms with Gasteiger partial charge in [-0.05, 0) is 39.0 Å². The fourth-order valence-electron chi connectivity index (χ4n) is 6.26. The lowest BCUT2D eigenvalue weighted by atomic mass is 9.61. The van der Waals surface area contributed by atoms with Crippen molar-refractivity contribution in [1.29, 1.82) is 0 Å². The van der Waals surface area contributed by atoms with Crippen LogP contribution in [0.5, 0.6) is 0 Å². The predicted octanol–water partition coefficient (Wildman–Crippen LogP) is 11.0. The molecule has 0 aliphatic heterocycles. The van der Waals surface area contributed by atoms with Crippen LogP contribution < -0.4 is 0 Å². The highest BCUT2D eigenvalue weighted by Gasteiger charge is 2.42. The van der Waals surface area contributed by atoms with Gasteiger partial charge in [0.05, 0.1) is 5.41 Å². The van der Waals surface area contributed by atoms with E-state index in [0.29, 0.717) is 0 Å². The molecule has 44 heavy (non-hydrogen) atoms. The summed E-state index contributed by atoms with van der Waals surface area (Å²) in [6.07, 6.45) is 9.44. The summed E-state index contributed by atoms with van der Waals surface area (Å²) in [6, 6.07) is 66.3. The molecule has 6 aromatic rings. The van der Waals surface area contributed by atoms with Gasteiger partial charge in [-0.15, -0.1) is 0 Å². The van der Waals surface area contributed by atoms with Crippen molar-refractivity contribution in [3.8, 4) is 0 Å².